The van der Waals surface area contributed by atoms with E-state index in [2.05, 4.69) is 6.92 Å². The van der Waals surface area contributed by atoms with Crippen molar-refractivity contribution in [3.63, 3.8) is 0 Å². The predicted molar refractivity (Wildman–Crippen MR) is 69.0 cm³/mol. The van der Waals surface area contributed by atoms with E-state index in [1.165, 1.54) is 6.07 Å². The molecule has 88 valence electrons. The average molecular weight is 228 g/mol. The molecule has 17 heavy (non-hydrogen) atoms. The zero-order valence-electron chi connectivity index (χ0n) is 9.98. The van der Waals surface area contributed by atoms with Crippen molar-refractivity contribution in [2.24, 2.45) is 0 Å². The number of benzene rings is 1. The van der Waals surface area contributed by atoms with Gasteiger partial charge in [0.05, 0.1) is 0 Å². The molecule has 2 rings (SSSR count). The monoisotopic (exact) mass is 228 g/mol. The molecule has 0 unspecified atom stereocenters. The van der Waals surface area contributed by atoms with Crippen LogP contribution in [0.5, 0.6) is 0 Å². The third-order valence-corrected chi connectivity index (χ3v) is 2.75. The standard InChI is InChI=1S/C15H16O2/c1-2-3-7-13-10-11-14(16)17-15(13)12-8-5-4-6-9-12/h4-6,8-11H,2-3,7H2,1H3. The van der Waals surface area contributed by atoms with Crippen LogP contribution >= 0.6 is 0 Å². The van der Waals surface area contributed by atoms with E-state index in [0.29, 0.717) is 5.76 Å². The number of hydrogen-bond donors (Lipinski definition) is 0. The lowest BCUT2D eigenvalue weighted by atomic mass is 10.0. The maximum atomic E-state index is 11.3. The minimum Gasteiger partial charge on any atom is -0.422 e. The van der Waals surface area contributed by atoms with Gasteiger partial charge >= 0.3 is 5.63 Å². The largest absolute Gasteiger partial charge is 0.422 e. The van der Waals surface area contributed by atoms with Gasteiger partial charge in [0, 0.05) is 11.6 Å². The van der Waals surface area contributed by atoms with E-state index in [9.17, 15) is 4.79 Å². The molecule has 0 radical (unpaired) electrons. The molecule has 2 heteroatoms. The maximum absolute atomic E-state index is 11.3. The topological polar surface area (TPSA) is 30.2 Å². The van der Waals surface area contributed by atoms with Gasteiger partial charge in [-0.1, -0.05) is 43.7 Å². The third kappa shape index (κ3) is 2.84. The summed E-state index contributed by atoms with van der Waals surface area (Å²) in [4.78, 5) is 11.3. The molecular weight excluding hydrogens is 212 g/mol. The molecule has 0 N–H and O–H groups in total. The molecule has 0 saturated heterocycles. The first-order valence-electron chi connectivity index (χ1n) is 5.99. The van der Waals surface area contributed by atoms with Crippen molar-refractivity contribution in [1.82, 2.24) is 0 Å². The molecule has 1 heterocycles. The van der Waals surface area contributed by atoms with E-state index in [1.807, 2.05) is 36.4 Å². The SMILES string of the molecule is CCCCc1ccc(=O)oc1-c1ccccc1. The van der Waals surface area contributed by atoms with Crippen molar-refractivity contribution >= 4 is 0 Å². The van der Waals surface area contributed by atoms with Gasteiger partial charge in [0.2, 0.25) is 0 Å². The van der Waals surface area contributed by atoms with Crippen molar-refractivity contribution in [1.29, 1.82) is 0 Å². The predicted octanol–water partition coefficient (Wildman–Crippen LogP) is 3.65. The third-order valence-electron chi connectivity index (χ3n) is 2.75. The fourth-order valence-electron chi connectivity index (χ4n) is 1.84. The maximum Gasteiger partial charge on any atom is 0.336 e. The lowest BCUT2D eigenvalue weighted by molar-refractivity contribution is 0.518. The van der Waals surface area contributed by atoms with Gasteiger partial charge in [-0.3, -0.25) is 0 Å². The highest BCUT2D eigenvalue weighted by molar-refractivity contribution is 5.60. The molecule has 0 spiro atoms. The van der Waals surface area contributed by atoms with E-state index >= 15 is 0 Å². The normalized spacial score (nSPS) is 10.4. The van der Waals surface area contributed by atoms with E-state index in [0.717, 1.165) is 30.4 Å². The molecule has 1 aromatic carbocycles. The summed E-state index contributed by atoms with van der Waals surface area (Å²) < 4.78 is 5.34. The van der Waals surface area contributed by atoms with Crippen molar-refractivity contribution in [3.8, 4) is 11.3 Å². The summed E-state index contributed by atoms with van der Waals surface area (Å²) in [5, 5.41) is 0. The minimum atomic E-state index is -0.288. The fourth-order valence-corrected chi connectivity index (χ4v) is 1.84. The lowest BCUT2D eigenvalue weighted by Gasteiger charge is -2.06. The second-order valence-corrected chi connectivity index (χ2v) is 4.08. The summed E-state index contributed by atoms with van der Waals surface area (Å²) in [6, 6.07) is 13.2. The van der Waals surface area contributed by atoms with E-state index in [4.69, 9.17) is 4.42 Å². The molecule has 0 aliphatic carbocycles. The van der Waals surface area contributed by atoms with Gasteiger partial charge in [0.15, 0.2) is 0 Å². The molecule has 0 aliphatic rings. The Morgan fingerprint density at radius 1 is 1.06 bits per heavy atom. The first-order valence-corrected chi connectivity index (χ1v) is 5.99. The van der Waals surface area contributed by atoms with Crippen LogP contribution in [0, 0.1) is 0 Å². The van der Waals surface area contributed by atoms with Crippen molar-refractivity contribution in [2.75, 3.05) is 0 Å². The molecule has 0 fully saturated rings. The fraction of sp³-hybridized carbons (Fsp3) is 0.267. The Kier molecular flexibility index (Phi) is 3.76. The molecule has 0 aliphatic heterocycles. The van der Waals surface area contributed by atoms with Crippen LogP contribution in [0.1, 0.15) is 25.3 Å². The van der Waals surface area contributed by atoms with E-state index in [-0.39, 0.29) is 5.63 Å². The molecule has 2 aromatic rings. The Balaban J connectivity index is 2.43. The first kappa shape index (κ1) is 11.6. The van der Waals surface area contributed by atoms with Gasteiger partial charge in [-0.15, -0.1) is 0 Å². The highest BCUT2D eigenvalue weighted by Crippen LogP contribution is 2.23. The summed E-state index contributed by atoms with van der Waals surface area (Å²) >= 11 is 0. The number of aryl methyl sites for hydroxylation is 1. The summed E-state index contributed by atoms with van der Waals surface area (Å²) in [6.07, 6.45) is 3.19. The van der Waals surface area contributed by atoms with Crippen LogP contribution < -0.4 is 5.63 Å². The van der Waals surface area contributed by atoms with Gasteiger partial charge in [0.1, 0.15) is 5.76 Å². The molecule has 0 amide bonds. The van der Waals surface area contributed by atoms with Crippen LogP contribution in [0.15, 0.2) is 51.7 Å². The number of rotatable bonds is 4. The van der Waals surface area contributed by atoms with Gasteiger partial charge in [0.25, 0.3) is 0 Å². The Bertz CT molecular complexity index is 526. The zero-order chi connectivity index (χ0) is 12.1. The zero-order valence-corrected chi connectivity index (χ0v) is 9.98. The van der Waals surface area contributed by atoms with Crippen molar-refractivity contribution in [3.05, 3.63) is 58.4 Å². The minimum absolute atomic E-state index is 0.288. The van der Waals surface area contributed by atoms with Gasteiger partial charge in [-0.05, 0) is 24.5 Å². The van der Waals surface area contributed by atoms with Gasteiger partial charge < -0.3 is 4.42 Å². The second-order valence-electron chi connectivity index (χ2n) is 4.08. The Morgan fingerprint density at radius 2 is 1.82 bits per heavy atom. The van der Waals surface area contributed by atoms with Gasteiger partial charge in [-0.2, -0.15) is 0 Å². The van der Waals surface area contributed by atoms with Crippen LogP contribution in [0.4, 0.5) is 0 Å². The number of unbranched alkanes of at least 4 members (excludes halogenated alkanes) is 1. The summed E-state index contributed by atoms with van der Waals surface area (Å²) in [5.74, 6) is 0.714. The first-order chi connectivity index (χ1) is 8.31. The smallest absolute Gasteiger partial charge is 0.336 e. The highest BCUT2D eigenvalue weighted by Gasteiger charge is 2.07. The average Bonchev–Trinajstić information content (AvgIpc) is 2.38. The lowest BCUT2D eigenvalue weighted by Crippen LogP contribution is -2.00. The molecular formula is C15H16O2. The quantitative estimate of drug-likeness (QED) is 0.799. The second kappa shape index (κ2) is 5.48. The Morgan fingerprint density at radius 3 is 2.53 bits per heavy atom. The van der Waals surface area contributed by atoms with E-state index in [1.54, 1.807) is 0 Å². The Hall–Kier alpha value is -1.83. The van der Waals surface area contributed by atoms with Crippen LogP contribution in [-0.4, -0.2) is 0 Å². The molecule has 0 bridgehead atoms. The van der Waals surface area contributed by atoms with Crippen LogP contribution in [-0.2, 0) is 6.42 Å². The summed E-state index contributed by atoms with van der Waals surface area (Å²) in [7, 11) is 0. The molecule has 0 atom stereocenters. The summed E-state index contributed by atoms with van der Waals surface area (Å²) in [5.41, 5.74) is 1.79. The van der Waals surface area contributed by atoms with Gasteiger partial charge in [-0.25, -0.2) is 4.79 Å². The summed E-state index contributed by atoms with van der Waals surface area (Å²) in [6.45, 7) is 2.15. The Labute approximate surface area is 101 Å². The molecule has 0 saturated carbocycles. The number of hydrogen-bond acceptors (Lipinski definition) is 2. The van der Waals surface area contributed by atoms with Crippen LogP contribution in [0.3, 0.4) is 0 Å². The van der Waals surface area contributed by atoms with Crippen LogP contribution in [0.25, 0.3) is 11.3 Å². The van der Waals surface area contributed by atoms with E-state index < -0.39 is 0 Å². The molecule has 2 nitrogen and oxygen atoms in total. The van der Waals surface area contributed by atoms with Crippen molar-refractivity contribution in [2.45, 2.75) is 26.2 Å². The van der Waals surface area contributed by atoms with Crippen molar-refractivity contribution < 1.29 is 4.42 Å². The highest BCUT2D eigenvalue weighted by atomic mass is 16.4. The van der Waals surface area contributed by atoms with Crippen LogP contribution in [0.2, 0.25) is 0 Å². The molecule has 1 aromatic heterocycles.